The van der Waals surface area contributed by atoms with Crippen LogP contribution in [0.15, 0.2) is 18.2 Å². The molecule has 5 nitrogen and oxygen atoms in total. The molecule has 1 amide bonds. The maximum Gasteiger partial charge on any atom is 0.261 e. The van der Waals surface area contributed by atoms with Gasteiger partial charge in [-0.2, -0.15) is 0 Å². The number of hydrogen-bond acceptors (Lipinski definition) is 4. The molecular weight excluding hydrogens is 270 g/mol. The molecule has 0 aromatic heterocycles. The van der Waals surface area contributed by atoms with Crippen molar-refractivity contribution in [2.75, 3.05) is 13.2 Å². The van der Waals surface area contributed by atoms with Gasteiger partial charge in [0.1, 0.15) is 11.5 Å². The molecular formula is C16H21NO4. The number of carbonyl (C=O) groups excluding carboxylic acids is 1. The average Bonchev–Trinajstić information content (AvgIpc) is 2.50. The Kier molecular flexibility index (Phi) is 7.13. The van der Waals surface area contributed by atoms with Gasteiger partial charge in [-0.3, -0.25) is 4.79 Å². The normalized spacial score (nSPS) is 11.3. The minimum atomic E-state index is -0.718. The van der Waals surface area contributed by atoms with E-state index in [1.54, 1.807) is 25.1 Å². The quantitative estimate of drug-likeness (QED) is 0.712. The van der Waals surface area contributed by atoms with Crippen molar-refractivity contribution in [1.82, 2.24) is 5.32 Å². The summed E-state index contributed by atoms with van der Waals surface area (Å²) in [5.74, 6) is 3.08. The molecule has 1 atom stereocenters. The third-order valence-corrected chi connectivity index (χ3v) is 2.72. The lowest BCUT2D eigenvalue weighted by Gasteiger charge is -2.17. The van der Waals surface area contributed by atoms with Crippen LogP contribution in [-0.2, 0) is 11.4 Å². The number of hydrogen-bond donors (Lipinski definition) is 2. The zero-order valence-electron chi connectivity index (χ0n) is 12.4. The fourth-order valence-corrected chi connectivity index (χ4v) is 1.61. The maximum absolute atomic E-state index is 11.7. The average molecular weight is 291 g/mol. The number of amides is 1. The van der Waals surface area contributed by atoms with Gasteiger partial charge in [-0.05, 0) is 25.5 Å². The summed E-state index contributed by atoms with van der Waals surface area (Å²) in [4.78, 5) is 11.7. The molecule has 0 spiro atoms. The van der Waals surface area contributed by atoms with Crippen LogP contribution in [-0.4, -0.2) is 30.3 Å². The molecule has 0 radical (unpaired) electrons. The minimum Gasteiger partial charge on any atom is -0.493 e. The van der Waals surface area contributed by atoms with E-state index in [4.69, 9.17) is 15.9 Å². The van der Waals surface area contributed by atoms with Crippen LogP contribution < -0.4 is 14.8 Å². The fraction of sp³-hybridized carbons (Fsp3) is 0.438. The van der Waals surface area contributed by atoms with Gasteiger partial charge in [-0.25, -0.2) is 0 Å². The van der Waals surface area contributed by atoms with Gasteiger partial charge in [0.15, 0.2) is 6.10 Å². The Morgan fingerprint density at radius 2 is 2.29 bits per heavy atom. The molecule has 0 saturated carbocycles. The van der Waals surface area contributed by atoms with Crippen molar-refractivity contribution < 1.29 is 19.4 Å². The summed E-state index contributed by atoms with van der Waals surface area (Å²) in [7, 11) is 0. The van der Waals surface area contributed by atoms with Crippen LogP contribution in [0.5, 0.6) is 11.5 Å². The molecule has 0 aliphatic carbocycles. The van der Waals surface area contributed by atoms with Crippen LogP contribution in [0.25, 0.3) is 0 Å². The Morgan fingerprint density at radius 1 is 1.52 bits per heavy atom. The molecule has 0 bridgehead atoms. The molecule has 0 aliphatic rings. The number of ether oxygens (including phenoxy) is 2. The molecule has 1 unspecified atom stereocenters. The summed E-state index contributed by atoms with van der Waals surface area (Å²) in [6, 6.07) is 5.15. The van der Waals surface area contributed by atoms with E-state index in [2.05, 4.69) is 11.2 Å². The second-order valence-electron chi connectivity index (χ2n) is 4.46. The molecule has 0 saturated heterocycles. The monoisotopic (exact) mass is 291 g/mol. The van der Waals surface area contributed by atoms with Gasteiger partial charge >= 0.3 is 0 Å². The number of carbonyl (C=O) groups is 1. The molecule has 1 aromatic carbocycles. The molecule has 2 N–H and O–H groups in total. The van der Waals surface area contributed by atoms with Crippen molar-refractivity contribution in [1.29, 1.82) is 0 Å². The van der Waals surface area contributed by atoms with Crippen molar-refractivity contribution in [2.24, 2.45) is 0 Å². The Hall–Kier alpha value is -2.19. The topological polar surface area (TPSA) is 67.8 Å². The first-order chi connectivity index (χ1) is 10.1. The zero-order valence-corrected chi connectivity index (χ0v) is 12.4. The van der Waals surface area contributed by atoms with Gasteiger partial charge in [0.2, 0.25) is 0 Å². The Balaban J connectivity index is 2.79. The summed E-state index contributed by atoms with van der Waals surface area (Å²) in [6.45, 7) is 4.20. The molecule has 114 valence electrons. The van der Waals surface area contributed by atoms with Crippen LogP contribution in [0.1, 0.15) is 25.8 Å². The molecule has 21 heavy (non-hydrogen) atoms. The van der Waals surface area contributed by atoms with Gasteiger partial charge in [0.25, 0.3) is 5.91 Å². The number of aliphatic hydroxyl groups excluding tert-OH is 1. The van der Waals surface area contributed by atoms with Crippen molar-refractivity contribution >= 4 is 5.91 Å². The first-order valence-electron chi connectivity index (χ1n) is 6.86. The zero-order chi connectivity index (χ0) is 15.7. The van der Waals surface area contributed by atoms with E-state index in [-0.39, 0.29) is 19.1 Å². The molecule has 0 aliphatic heterocycles. The minimum absolute atomic E-state index is 0.152. The lowest BCUT2D eigenvalue weighted by Crippen LogP contribution is -2.36. The summed E-state index contributed by atoms with van der Waals surface area (Å²) >= 11 is 0. The highest BCUT2D eigenvalue weighted by Crippen LogP contribution is 2.26. The Bertz CT molecular complexity index is 507. The first kappa shape index (κ1) is 16.9. The second kappa shape index (κ2) is 8.88. The van der Waals surface area contributed by atoms with Gasteiger partial charge in [-0.15, -0.1) is 6.42 Å². The van der Waals surface area contributed by atoms with Crippen LogP contribution in [0.2, 0.25) is 0 Å². The fourth-order valence-electron chi connectivity index (χ4n) is 1.61. The van der Waals surface area contributed by atoms with Crippen LogP contribution >= 0.6 is 0 Å². The SMILES string of the molecule is C#CCNC(=O)C(C)Oc1cc(OCCC)ccc1CO. The predicted octanol–water partition coefficient (Wildman–Crippen LogP) is 1.48. The van der Waals surface area contributed by atoms with Crippen molar-refractivity contribution in [2.45, 2.75) is 33.0 Å². The van der Waals surface area contributed by atoms with Gasteiger partial charge in [0, 0.05) is 11.6 Å². The summed E-state index contributed by atoms with van der Waals surface area (Å²) in [6.07, 6.45) is 5.26. The number of aliphatic hydroxyl groups is 1. The van der Waals surface area contributed by atoms with E-state index >= 15 is 0 Å². The molecule has 0 heterocycles. The van der Waals surface area contributed by atoms with Crippen molar-refractivity contribution in [3.8, 4) is 23.8 Å². The highest BCUT2D eigenvalue weighted by Gasteiger charge is 2.16. The first-order valence-corrected chi connectivity index (χ1v) is 6.86. The maximum atomic E-state index is 11.7. The van der Waals surface area contributed by atoms with E-state index in [0.717, 1.165) is 6.42 Å². The van der Waals surface area contributed by atoms with E-state index in [0.29, 0.717) is 23.7 Å². The Morgan fingerprint density at radius 3 is 2.90 bits per heavy atom. The van der Waals surface area contributed by atoms with Gasteiger partial charge < -0.3 is 19.9 Å². The summed E-state index contributed by atoms with van der Waals surface area (Å²) in [5.41, 5.74) is 0.593. The summed E-state index contributed by atoms with van der Waals surface area (Å²) in [5, 5.41) is 11.9. The highest BCUT2D eigenvalue weighted by molar-refractivity contribution is 5.81. The van der Waals surface area contributed by atoms with Crippen LogP contribution in [0.3, 0.4) is 0 Å². The third kappa shape index (κ3) is 5.36. The van der Waals surface area contributed by atoms with E-state index in [1.807, 2.05) is 6.92 Å². The smallest absolute Gasteiger partial charge is 0.261 e. The molecule has 0 fully saturated rings. The van der Waals surface area contributed by atoms with E-state index in [9.17, 15) is 9.90 Å². The second-order valence-corrected chi connectivity index (χ2v) is 4.46. The number of terminal acetylenes is 1. The highest BCUT2D eigenvalue weighted by atomic mass is 16.5. The third-order valence-electron chi connectivity index (χ3n) is 2.72. The predicted molar refractivity (Wildman–Crippen MR) is 80.1 cm³/mol. The van der Waals surface area contributed by atoms with Crippen LogP contribution in [0, 0.1) is 12.3 Å². The molecule has 5 heteroatoms. The number of rotatable bonds is 8. The van der Waals surface area contributed by atoms with Crippen LogP contribution in [0.4, 0.5) is 0 Å². The van der Waals surface area contributed by atoms with E-state index in [1.165, 1.54) is 0 Å². The van der Waals surface area contributed by atoms with E-state index < -0.39 is 6.10 Å². The largest absolute Gasteiger partial charge is 0.493 e. The van der Waals surface area contributed by atoms with Crippen molar-refractivity contribution in [3.05, 3.63) is 23.8 Å². The number of benzene rings is 1. The van der Waals surface area contributed by atoms with Crippen molar-refractivity contribution in [3.63, 3.8) is 0 Å². The lowest BCUT2D eigenvalue weighted by atomic mass is 10.2. The molecule has 1 aromatic rings. The lowest BCUT2D eigenvalue weighted by molar-refractivity contribution is -0.127. The summed E-state index contributed by atoms with van der Waals surface area (Å²) < 4.78 is 11.1. The Labute approximate surface area is 125 Å². The van der Waals surface area contributed by atoms with Gasteiger partial charge in [0.05, 0.1) is 19.8 Å². The number of nitrogens with one attached hydrogen (secondary N) is 1. The molecule has 1 rings (SSSR count). The standard InChI is InChI=1S/C16H21NO4/c1-4-8-17-16(19)12(3)21-15-10-14(20-9-5-2)7-6-13(15)11-18/h1,6-7,10,12,18H,5,8-9,11H2,2-3H3,(H,17,19). The van der Waals surface area contributed by atoms with Gasteiger partial charge in [-0.1, -0.05) is 12.8 Å².